The Morgan fingerprint density at radius 2 is 2.18 bits per heavy atom. The number of hydrogen-bond acceptors (Lipinski definition) is 7. The van der Waals surface area contributed by atoms with Crippen LogP contribution in [-0.2, 0) is 16.4 Å². The van der Waals surface area contributed by atoms with Crippen LogP contribution in [0.3, 0.4) is 0 Å². The molecule has 0 aromatic carbocycles. The molecule has 8 heteroatoms. The maximum absolute atomic E-state index is 11.2. The molecule has 1 aromatic heterocycles. The summed E-state index contributed by atoms with van der Waals surface area (Å²) in [5.41, 5.74) is 0. The van der Waals surface area contributed by atoms with Crippen LogP contribution < -0.4 is 5.32 Å². The fourth-order valence-corrected chi connectivity index (χ4v) is 3.33. The third kappa shape index (κ3) is 4.76. The predicted molar refractivity (Wildman–Crippen MR) is 82.3 cm³/mol. The Labute approximate surface area is 131 Å². The van der Waals surface area contributed by atoms with E-state index in [1.54, 1.807) is 0 Å². The number of nitrogens with zero attached hydrogens (tertiary/aromatic N) is 3. The molecule has 2 fully saturated rings. The van der Waals surface area contributed by atoms with Crippen molar-refractivity contribution in [1.82, 2.24) is 20.4 Å². The van der Waals surface area contributed by atoms with E-state index in [9.17, 15) is 8.42 Å². The molecular weight excluding hydrogens is 304 g/mol. The molecule has 1 aromatic rings. The summed E-state index contributed by atoms with van der Waals surface area (Å²) in [4.78, 5) is 6.78. The summed E-state index contributed by atoms with van der Waals surface area (Å²) >= 11 is 0. The molecule has 0 amide bonds. The minimum absolute atomic E-state index is 0.194. The number of piperidine rings is 1. The lowest BCUT2D eigenvalue weighted by atomic mass is 10.1. The van der Waals surface area contributed by atoms with Gasteiger partial charge < -0.3 is 9.84 Å². The SMILES string of the molecule is CS(=O)(=O)CCN[C@@H]1CCCN(Cc2noc(C3CC3)n2)C1. The van der Waals surface area contributed by atoms with Gasteiger partial charge in [-0.1, -0.05) is 5.16 Å². The largest absolute Gasteiger partial charge is 0.339 e. The molecule has 1 atom stereocenters. The number of rotatable bonds is 7. The van der Waals surface area contributed by atoms with Crippen molar-refractivity contribution in [2.45, 2.75) is 44.2 Å². The number of aromatic nitrogens is 2. The Balaban J connectivity index is 1.45. The van der Waals surface area contributed by atoms with Crippen molar-refractivity contribution in [3.8, 4) is 0 Å². The van der Waals surface area contributed by atoms with Crippen molar-refractivity contribution in [2.75, 3.05) is 31.6 Å². The molecule has 124 valence electrons. The van der Waals surface area contributed by atoms with Gasteiger partial charge in [-0.2, -0.15) is 4.98 Å². The zero-order valence-electron chi connectivity index (χ0n) is 13.0. The summed E-state index contributed by atoms with van der Waals surface area (Å²) in [5, 5.41) is 7.41. The molecule has 1 aliphatic heterocycles. The summed E-state index contributed by atoms with van der Waals surface area (Å²) in [6.45, 7) is 3.15. The molecule has 0 bridgehead atoms. The molecule has 1 saturated carbocycles. The van der Waals surface area contributed by atoms with Crippen molar-refractivity contribution in [1.29, 1.82) is 0 Å². The Hall–Kier alpha value is -0.990. The Morgan fingerprint density at radius 1 is 1.36 bits per heavy atom. The fourth-order valence-electron chi connectivity index (χ4n) is 2.84. The number of hydrogen-bond donors (Lipinski definition) is 1. The fraction of sp³-hybridized carbons (Fsp3) is 0.857. The first-order chi connectivity index (χ1) is 10.5. The highest BCUT2D eigenvalue weighted by Gasteiger charge is 2.30. The van der Waals surface area contributed by atoms with E-state index in [4.69, 9.17) is 4.52 Å². The second kappa shape index (κ2) is 6.64. The van der Waals surface area contributed by atoms with Gasteiger partial charge in [0.1, 0.15) is 9.84 Å². The topological polar surface area (TPSA) is 88.3 Å². The zero-order chi connectivity index (χ0) is 15.6. The normalized spacial score (nSPS) is 23.8. The third-order valence-electron chi connectivity index (χ3n) is 4.19. The highest BCUT2D eigenvalue weighted by Crippen LogP contribution is 2.38. The van der Waals surface area contributed by atoms with Crippen molar-refractivity contribution < 1.29 is 12.9 Å². The van der Waals surface area contributed by atoms with E-state index < -0.39 is 9.84 Å². The van der Waals surface area contributed by atoms with Gasteiger partial charge in [-0.25, -0.2) is 8.42 Å². The molecule has 2 aliphatic rings. The van der Waals surface area contributed by atoms with E-state index in [0.29, 0.717) is 25.0 Å². The average molecular weight is 328 g/mol. The Kier molecular flexibility index (Phi) is 4.79. The van der Waals surface area contributed by atoms with Crippen LogP contribution in [0.25, 0.3) is 0 Å². The molecular formula is C14H24N4O3S. The van der Waals surface area contributed by atoms with E-state index in [2.05, 4.69) is 20.4 Å². The molecule has 2 heterocycles. The van der Waals surface area contributed by atoms with Crippen molar-refractivity contribution in [3.63, 3.8) is 0 Å². The van der Waals surface area contributed by atoms with E-state index in [1.165, 1.54) is 6.26 Å². The van der Waals surface area contributed by atoms with Gasteiger partial charge in [0.2, 0.25) is 5.89 Å². The molecule has 3 rings (SSSR count). The van der Waals surface area contributed by atoms with Crippen LogP contribution in [0, 0.1) is 0 Å². The molecule has 22 heavy (non-hydrogen) atoms. The molecule has 1 saturated heterocycles. The lowest BCUT2D eigenvalue weighted by Gasteiger charge is -2.32. The van der Waals surface area contributed by atoms with Gasteiger partial charge in [0.05, 0.1) is 12.3 Å². The minimum atomic E-state index is -2.90. The van der Waals surface area contributed by atoms with E-state index in [-0.39, 0.29) is 5.75 Å². The third-order valence-corrected chi connectivity index (χ3v) is 5.13. The summed E-state index contributed by atoms with van der Waals surface area (Å²) < 4.78 is 27.6. The Bertz CT molecular complexity index is 597. The summed E-state index contributed by atoms with van der Waals surface area (Å²) in [6, 6.07) is 0.338. The van der Waals surface area contributed by atoms with Crippen molar-refractivity contribution >= 4 is 9.84 Å². The van der Waals surface area contributed by atoms with Gasteiger partial charge in [0.15, 0.2) is 5.82 Å². The first-order valence-electron chi connectivity index (χ1n) is 7.95. The molecule has 7 nitrogen and oxygen atoms in total. The van der Waals surface area contributed by atoms with Crippen LogP contribution in [0.4, 0.5) is 0 Å². The molecule has 0 spiro atoms. The summed E-state index contributed by atoms with van der Waals surface area (Å²) in [5.74, 6) is 2.24. The first kappa shape index (κ1) is 15.9. The Morgan fingerprint density at radius 3 is 2.91 bits per heavy atom. The standard InChI is InChI=1S/C14H24N4O3S/c1-22(19,20)8-6-15-12-3-2-7-18(9-12)10-13-16-14(21-17-13)11-4-5-11/h11-12,15H,2-10H2,1H3/t12-/m1/s1. The number of likely N-dealkylation sites (tertiary alicyclic amines) is 1. The van der Waals surface area contributed by atoms with Crippen LogP contribution in [0.5, 0.6) is 0 Å². The second-order valence-electron chi connectivity index (χ2n) is 6.48. The molecule has 0 radical (unpaired) electrons. The monoisotopic (exact) mass is 328 g/mol. The predicted octanol–water partition coefficient (Wildman–Crippen LogP) is 0.546. The van der Waals surface area contributed by atoms with E-state index >= 15 is 0 Å². The summed E-state index contributed by atoms with van der Waals surface area (Å²) in [7, 11) is -2.90. The van der Waals surface area contributed by atoms with Crippen LogP contribution in [0.1, 0.15) is 43.3 Å². The molecule has 0 unspecified atom stereocenters. The zero-order valence-corrected chi connectivity index (χ0v) is 13.8. The van der Waals surface area contributed by atoms with Gasteiger partial charge in [-0.05, 0) is 32.2 Å². The van der Waals surface area contributed by atoms with Gasteiger partial charge in [-0.15, -0.1) is 0 Å². The minimum Gasteiger partial charge on any atom is -0.339 e. The number of nitrogens with one attached hydrogen (secondary N) is 1. The first-order valence-corrected chi connectivity index (χ1v) is 10.0. The maximum atomic E-state index is 11.2. The van der Waals surface area contributed by atoms with Gasteiger partial charge in [-0.3, -0.25) is 4.90 Å². The van der Waals surface area contributed by atoms with Crippen molar-refractivity contribution in [2.24, 2.45) is 0 Å². The van der Waals surface area contributed by atoms with Gasteiger partial charge >= 0.3 is 0 Å². The van der Waals surface area contributed by atoms with Gasteiger partial charge in [0, 0.05) is 31.3 Å². The van der Waals surface area contributed by atoms with Crippen LogP contribution in [0.2, 0.25) is 0 Å². The average Bonchev–Trinajstić information content (AvgIpc) is 3.19. The summed E-state index contributed by atoms with van der Waals surface area (Å²) in [6.07, 6.45) is 5.79. The molecule has 1 N–H and O–H groups in total. The quantitative estimate of drug-likeness (QED) is 0.781. The highest BCUT2D eigenvalue weighted by atomic mass is 32.2. The lowest BCUT2D eigenvalue weighted by molar-refractivity contribution is 0.179. The second-order valence-corrected chi connectivity index (χ2v) is 8.74. The lowest BCUT2D eigenvalue weighted by Crippen LogP contribution is -2.46. The highest BCUT2D eigenvalue weighted by molar-refractivity contribution is 7.90. The maximum Gasteiger partial charge on any atom is 0.229 e. The molecule has 1 aliphatic carbocycles. The van der Waals surface area contributed by atoms with E-state index in [0.717, 1.165) is 50.5 Å². The van der Waals surface area contributed by atoms with Crippen molar-refractivity contribution in [3.05, 3.63) is 11.7 Å². The number of sulfone groups is 1. The van der Waals surface area contributed by atoms with Crippen LogP contribution >= 0.6 is 0 Å². The van der Waals surface area contributed by atoms with Crippen LogP contribution in [-0.4, -0.2) is 61.1 Å². The van der Waals surface area contributed by atoms with Crippen LogP contribution in [0.15, 0.2) is 4.52 Å². The van der Waals surface area contributed by atoms with Gasteiger partial charge in [0.25, 0.3) is 0 Å². The smallest absolute Gasteiger partial charge is 0.229 e. The van der Waals surface area contributed by atoms with E-state index in [1.807, 2.05) is 0 Å².